The van der Waals surface area contributed by atoms with Gasteiger partial charge in [0.05, 0.1) is 0 Å². The second-order valence-corrected chi connectivity index (χ2v) is 3.53. The van der Waals surface area contributed by atoms with E-state index >= 15 is 0 Å². The predicted molar refractivity (Wildman–Crippen MR) is 42.2 cm³/mol. The van der Waals surface area contributed by atoms with Crippen LogP contribution in [0.15, 0.2) is 0 Å². The molecule has 11 heavy (non-hydrogen) atoms. The molecule has 0 aromatic carbocycles. The Kier molecular flexibility index (Phi) is 1.60. The maximum Gasteiger partial charge on any atom is 0.222 e. The maximum atomic E-state index is 11.2. The van der Waals surface area contributed by atoms with Crippen molar-refractivity contribution in [1.82, 2.24) is 10.2 Å². The highest BCUT2D eigenvalue weighted by atomic mass is 16.2. The van der Waals surface area contributed by atoms with E-state index in [-0.39, 0.29) is 0 Å². The smallest absolute Gasteiger partial charge is 0.222 e. The molecule has 3 nitrogen and oxygen atoms in total. The molecule has 1 amide bonds. The van der Waals surface area contributed by atoms with Crippen LogP contribution in [0.2, 0.25) is 0 Å². The highest BCUT2D eigenvalue weighted by molar-refractivity contribution is 5.77. The number of rotatable bonds is 0. The zero-order chi connectivity index (χ0) is 7.84. The molecule has 0 bridgehead atoms. The van der Waals surface area contributed by atoms with Gasteiger partial charge in [-0.2, -0.15) is 0 Å². The second kappa shape index (κ2) is 2.48. The molecule has 2 heterocycles. The number of hydrogen-bond acceptors (Lipinski definition) is 2. The minimum Gasteiger partial charge on any atom is -0.341 e. The van der Waals surface area contributed by atoms with E-state index in [0.29, 0.717) is 11.9 Å². The molecule has 0 spiro atoms. The molecule has 0 aromatic rings. The molecule has 1 N–H and O–H groups in total. The van der Waals surface area contributed by atoms with Crippen molar-refractivity contribution in [1.29, 1.82) is 0 Å². The molecule has 0 aromatic heterocycles. The highest BCUT2D eigenvalue weighted by Gasteiger charge is 2.36. The number of amides is 1. The summed E-state index contributed by atoms with van der Waals surface area (Å²) in [6.45, 7) is 2.09. The molecule has 2 fully saturated rings. The molecule has 2 rings (SSSR count). The van der Waals surface area contributed by atoms with E-state index in [1.807, 2.05) is 11.9 Å². The average Bonchev–Trinajstić information content (AvgIpc) is 2.45. The highest BCUT2D eigenvalue weighted by Crippen LogP contribution is 2.25. The number of fused-ring (bicyclic) bond motifs is 1. The number of hydrogen-bond donors (Lipinski definition) is 1. The Bertz CT molecular complexity index is 181. The lowest BCUT2D eigenvalue weighted by atomic mass is 9.92. The number of piperidine rings is 1. The third-order valence-corrected chi connectivity index (χ3v) is 2.92. The first-order valence-electron chi connectivity index (χ1n) is 4.25. The molecule has 2 atom stereocenters. The molecular weight excluding hydrogens is 140 g/mol. The summed E-state index contributed by atoms with van der Waals surface area (Å²) in [7, 11) is 1.92. The molecular formula is C8H14N2O. The molecule has 0 aliphatic carbocycles. The number of likely N-dealkylation sites (N-methyl/N-ethyl adjacent to an activating group) is 1. The minimum absolute atomic E-state index is 0.315. The van der Waals surface area contributed by atoms with Crippen LogP contribution >= 0.6 is 0 Å². The van der Waals surface area contributed by atoms with Crippen molar-refractivity contribution in [2.24, 2.45) is 5.92 Å². The molecule has 3 heteroatoms. The van der Waals surface area contributed by atoms with Crippen molar-refractivity contribution in [3.8, 4) is 0 Å². The summed E-state index contributed by atoms with van der Waals surface area (Å²) in [4.78, 5) is 13.1. The van der Waals surface area contributed by atoms with Gasteiger partial charge in [-0.05, 0) is 12.3 Å². The van der Waals surface area contributed by atoms with Gasteiger partial charge in [-0.3, -0.25) is 4.79 Å². The van der Waals surface area contributed by atoms with Crippen molar-refractivity contribution in [3.63, 3.8) is 0 Å². The second-order valence-electron chi connectivity index (χ2n) is 3.53. The number of carbonyl (C=O) groups is 1. The van der Waals surface area contributed by atoms with Crippen LogP contribution in [-0.2, 0) is 4.79 Å². The molecule has 2 aliphatic rings. The molecule has 2 saturated heterocycles. The monoisotopic (exact) mass is 154 g/mol. The zero-order valence-corrected chi connectivity index (χ0v) is 6.84. The molecule has 2 aliphatic heterocycles. The first-order chi connectivity index (χ1) is 5.29. The lowest BCUT2D eigenvalue weighted by Gasteiger charge is -2.33. The first kappa shape index (κ1) is 7.10. The Morgan fingerprint density at radius 1 is 1.55 bits per heavy atom. The van der Waals surface area contributed by atoms with E-state index in [1.165, 1.54) is 0 Å². The van der Waals surface area contributed by atoms with Gasteiger partial charge < -0.3 is 10.2 Å². The third-order valence-electron chi connectivity index (χ3n) is 2.92. The van der Waals surface area contributed by atoms with Gasteiger partial charge in [0.2, 0.25) is 5.91 Å². The number of carbonyl (C=O) groups excluding carboxylic acids is 1. The number of nitrogens with zero attached hydrogens (tertiary/aromatic N) is 1. The summed E-state index contributed by atoms with van der Waals surface area (Å²) in [6.07, 6.45) is 1.83. The Balaban J connectivity index is 2.11. The Morgan fingerprint density at radius 2 is 2.36 bits per heavy atom. The zero-order valence-electron chi connectivity index (χ0n) is 6.84. The lowest BCUT2D eigenvalue weighted by Crippen LogP contribution is -2.45. The van der Waals surface area contributed by atoms with Crippen molar-refractivity contribution in [2.75, 3.05) is 20.1 Å². The maximum absolute atomic E-state index is 11.2. The van der Waals surface area contributed by atoms with E-state index in [0.717, 1.165) is 31.8 Å². The summed E-state index contributed by atoms with van der Waals surface area (Å²) < 4.78 is 0. The van der Waals surface area contributed by atoms with Crippen LogP contribution in [0.4, 0.5) is 0 Å². The fourth-order valence-corrected chi connectivity index (χ4v) is 2.14. The van der Waals surface area contributed by atoms with Crippen LogP contribution in [0, 0.1) is 5.92 Å². The van der Waals surface area contributed by atoms with Gasteiger partial charge in [0.25, 0.3) is 0 Å². The Labute approximate surface area is 66.8 Å². The Hall–Kier alpha value is -0.570. The van der Waals surface area contributed by atoms with Crippen molar-refractivity contribution in [3.05, 3.63) is 0 Å². The number of nitrogens with one attached hydrogen (secondary N) is 1. The topological polar surface area (TPSA) is 32.3 Å². The quantitative estimate of drug-likeness (QED) is 0.525. The lowest BCUT2D eigenvalue weighted by molar-refractivity contribution is -0.135. The minimum atomic E-state index is 0.315. The van der Waals surface area contributed by atoms with Crippen molar-refractivity contribution >= 4 is 5.91 Å². The normalized spacial score (nSPS) is 37.5. The average molecular weight is 154 g/mol. The first-order valence-corrected chi connectivity index (χ1v) is 4.25. The summed E-state index contributed by atoms with van der Waals surface area (Å²) in [5, 5.41) is 3.32. The van der Waals surface area contributed by atoms with Gasteiger partial charge in [0.1, 0.15) is 0 Å². The van der Waals surface area contributed by atoms with Gasteiger partial charge in [-0.25, -0.2) is 0 Å². The van der Waals surface area contributed by atoms with Gasteiger partial charge in [0, 0.05) is 32.6 Å². The van der Waals surface area contributed by atoms with Crippen LogP contribution in [0.5, 0.6) is 0 Å². The summed E-state index contributed by atoms with van der Waals surface area (Å²) in [5.74, 6) is 1.03. The van der Waals surface area contributed by atoms with Gasteiger partial charge in [0.15, 0.2) is 0 Å². The van der Waals surface area contributed by atoms with E-state index in [2.05, 4.69) is 5.32 Å². The van der Waals surface area contributed by atoms with E-state index in [1.54, 1.807) is 0 Å². The van der Waals surface area contributed by atoms with Crippen LogP contribution < -0.4 is 5.32 Å². The molecule has 0 saturated carbocycles. The van der Waals surface area contributed by atoms with Crippen LogP contribution in [0.25, 0.3) is 0 Å². The van der Waals surface area contributed by atoms with Gasteiger partial charge in [-0.1, -0.05) is 0 Å². The van der Waals surface area contributed by atoms with Crippen LogP contribution in [0.3, 0.4) is 0 Å². The fourth-order valence-electron chi connectivity index (χ4n) is 2.14. The summed E-state index contributed by atoms with van der Waals surface area (Å²) >= 11 is 0. The van der Waals surface area contributed by atoms with Crippen molar-refractivity contribution in [2.45, 2.75) is 18.9 Å². The van der Waals surface area contributed by atoms with Crippen LogP contribution in [-0.4, -0.2) is 37.0 Å². The fraction of sp³-hybridized carbons (Fsp3) is 0.875. The van der Waals surface area contributed by atoms with Gasteiger partial charge >= 0.3 is 0 Å². The van der Waals surface area contributed by atoms with Crippen LogP contribution in [0.1, 0.15) is 12.8 Å². The standard InChI is InChI=1S/C8H14N2O/c1-10-7-5-9-4-6(7)2-3-8(10)11/h6-7,9H,2-5H2,1H3/t6-,7-/m1/s1. The van der Waals surface area contributed by atoms with E-state index in [4.69, 9.17) is 0 Å². The largest absolute Gasteiger partial charge is 0.341 e. The predicted octanol–water partition coefficient (Wildman–Crippen LogP) is -0.173. The van der Waals surface area contributed by atoms with E-state index < -0.39 is 0 Å². The molecule has 0 unspecified atom stereocenters. The van der Waals surface area contributed by atoms with Gasteiger partial charge in [-0.15, -0.1) is 0 Å². The molecule has 62 valence electrons. The summed E-state index contributed by atoms with van der Waals surface area (Å²) in [6, 6.07) is 0.483. The third kappa shape index (κ3) is 1.03. The van der Waals surface area contributed by atoms with E-state index in [9.17, 15) is 4.79 Å². The summed E-state index contributed by atoms with van der Waals surface area (Å²) in [5.41, 5.74) is 0. The Morgan fingerprint density at radius 3 is 3.18 bits per heavy atom. The number of likely N-dealkylation sites (tertiary alicyclic amines) is 1. The van der Waals surface area contributed by atoms with Crippen molar-refractivity contribution < 1.29 is 4.79 Å². The molecule has 0 radical (unpaired) electrons. The SMILES string of the molecule is CN1C(=O)CC[C@@H]2CNC[C@H]21.